The van der Waals surface area contributed by atoms with E-state index in [9.17, 15) is 9.59 Å². The van der Waals surface area contributed by atoms with E-state index in [-0.39, 0.29) is 19.5 Å². The summed E-state index contributed by atoms with van der Waals surface area (Å²) in [7, 11) is 0. The summed E-state index contributed by atoms with van der Waals surface area (Å²) < 4.78 is 0. The van der Waals surface area contributed by atoms with Crippen molar-refractivity contribution in [3.05, 3.63) is 0 Å². The molecule has 2 saturated carbocycles. The van der Waals surface area contributed by atoms with Crippen LogP contribution in [0.3, 0.4) is 0 Å². The van der Waals surface area contributed by atoms with Crippen LogP contribution in [0, 0.1) is 11.8 Å². The van der Waals surface area contributed by atoms with Gasteiger partial charge in [0.15, 0.2) is 0 Å². The maximum atomic E-state index is 10.6. The van der Waals surface area contributed by atoms with Gasteiger partial charge in [0.05, 0.1) is 0 Å². The van der Waals surface area contributed by atoms with Crippen molar-refractivity contribution in [2.24, 2.45) is 11.8 Å². The molecule has 2 rings (SSSR count). The van der Waals surface area contributed by atoms with Crippen molar-refractivity contribution in [2.75, 3.05) is 0 Å². The van der Waals surface area contributed by atoms with Gasteiger partial charge in [-0.2, -0.15) is 0 Å². The Bertz CT molecular complexity index is 213. The predicted molar refractivity (Wildman–Crippen MR) is 65.3 cm³/mol. The average Bonchev–Trinajstić information content (AvgIpc) is 2.93. The third-order valence-electron chi connectivity index (χ3n) is 3.86. The molecular weight excluding hydrogens is 301 g/mol. The predicted octanol–water partition coefficient (Wildman–Crippen LogP) is 3.53. The number of ketones is 2. The third-order valence-corrected chi connectivity index (χ3v) is 3.86. The molecule has 2 fully saturated rings. The number of Topliss-reactive ketones (excluding diaryl/α,β-unsaturated/α-hetero) is 2. The van der Waals surface area contributed by atoms with Crippen LogP contribution in [0.25, 0.3) is 0 Å². The first-order valence-corrected chi connectivity index (χ1v) is 6.62. The number of rotatable bonds is 2. The molecule has 2 aliphatic rings. The molecule has 2 nitrogen and oxygen atoms in total. The molecule has 0 aliphatic heterocycles. The van der Waals surface area contributed by atoms with Crippen LogP contribution < -0.4 is 0 Å². The van der Waals surface area contributed by atoms with Gasteiger partial charge in [-0.1, -0.05) is 25.7 Å². The molecule has 100 valence electrons. The Labute approximate surface area is 118 Å². The molecule has 0 heterocycles. The van der Waals surface area contributed by atoms with Gasteiger partial charge in [-0.3, -0.25) is 9.59 Å². The SMILES string of the molecule is CC(=O)C1CCCC1.CC(=O)C1CCCC1.[Ru]. The quantitative estimate of drug-likeness (QED) is 0.728. The minimum Gasteiger partial charge on any atom is -0.300 e. The van der Waals surface area contributed by atoms with Gasteiger partial charge in [0.2, 0.25) is 0 Å². The standard InChI is InChI=1S/2C7H12O.Ru/c2*1-6(8)7-4-2-3-5-7;/h2*7H,2-5H2,1H3;. The van der Waals surface area contributed by atoms with Crippen molar-refractivity contribution in [3.8, 4) is 0 Å². The molecule has 17 heavy (non-hydrogen) atoms. The number of hydrogen-bond donors (Lipinski definition) is 0. The van der Waals surface area contributed by atoms with E-state index < -0.39 is 0 Å². The minimum atomic E-state index is 0. The third kappa shape index (κ3) is 6.45. The summed E-state index contributed by atoms with van der Waals surface area (Å²) in [5.41, 5.74) is 0. The Hall–Kier alpha value is -0.0366. The average molecular weight is 325 g/mol. The molecule has 0 aromatic rings. The van der Waals surface area contributed by atoms with Crippen molar-refractivity contribution in [1.29, 1.82) is 0 Å². The van der Waals surface area contributed by atoms with Crippen LogP contribution in [0.5, 0.6) is 0 Å². The van der Waals surface area contributed by atoms with Gasteiger partial charge in [0.25, 0.3) is 0 Å². The number of carbonyl (C=O) groups is 2. The Morgan fingerprint density at radius 2 is 0.941 bits per heavy atom. The Balaban J connectivity index is 0.000000284. The normalized spacial score (nSPS) is 20.4. The van der Waals surface area contributed by atoms with Gasteiger partial charge in [-0.05, 0) is 39.5 Å². The number of carbonyl (C=O) groups excluding carboxylic acids is 2. The van der Waals surface area contributed by atoms with E-state index in [1.54, 1.807) is 13.8 Å². The fraction of sp³-hybridized carbons (Fsp3) is 0.857. The second-order valence-electron chi connectivity index (χ2n) is 5.18. The van der Waals surface area contributed by atoms with Crippen molar-refractivity contribution >= 4 is 11.6 Å². The van der Waals surface area contributed by atoms with E-state index >= 15 is 0 Å². The van der Waals surface area contributed by atoms with Gasteiger partial charge >= 0.3 is 0 Å². The Kier molecular flexibility index (Phi) is 8.95. The summed E-state index contributed by atoms with van der Waals surface area (Å²) in [6.45, 7) is 3.41. The van der Waals surface area contributed by atoms with Gasteiger partial charge in [-0.15, -0.1) is 0 Å². The zero-order chi connectivity index (χ0) is 12.0. The monoisotopic (exact) mass is 326 g/mol. The van der Waals surface area contributed by atoms with Gasteiger partial charge < -0.3 is 0 Å². The molecule has 0 saturated heterocycles. The molecule has 0 radical (unpaired) electrons. The van der Waals surface area contributed by atoms with Crippen LogP contribution in [-0.4, -0.2) is 11.6 Å². The summed E-state index contributed by atoms with van der Waals surface area (Å²) in [6.07, 6.45) is 9.66. The first kappa shape index (κ1) is 17.0. The van der Waals surface area contributed by atoms with Crippen molar-refractivity contribution in [3.63, 3.8) is 0 Å². The van der Waals surface area contributed by atoms with Gasteiger partial charge in [-0.25, -0.2) is 0 Å². The summed E-state index contributed by atoms with van der Waals surface area (Å²) in [6, 6.07) is 0. The minimum absolute atomic E-state index is 0. The van der Waals surface area contributed by atoms with Crippen molar-refractivity contribution < 1.29 is 29.1 Å². The molecule has 0 aromatic carbocycles. The first-order valence-electron chi connectivity index (χ1n) is 6.62. The summed E-state index contributed by atoms with van der Waals surface area (Å²) in [5, 5.41) is 0. The van der Waals surface area contributed by atoms with E-state index in [2.05, 4.69) is 0 Å². The summed E-state index contributed by atoms with van der Waals surface area (Å²) >= 11 is 0. The fourth-order valence-electron chi connectivity index (χ4n) is 2.66. The topological polar surface area (TPSA) is 34.1 Å². The molecule has 0 bridgehead atoms. The van der Waals surface area contributed by atoms with Crippen LogP contribution in [-0.2, 0) is 29.1 Å². The Morgan fingerprint density at radius 1 is 0.706 bits per heavy atom. The van der Waals surface area contributed by atoms with E-state index in [1.807, 2.05) is 0 Å². The smallest absolute Gasteiger partial charge is 0.132 e. The summed E-state index contributed by atoms with van der Waals surface area (Å²) in [5.74, 6) is 1.63. The van der Waals surface area contributed by atoms with Gasteiger partial charge in [0, 0.05) is 31.3 Å². The van der Waals surface area contributed by atoms with Crippen LogP contribution >= 0.6 is 0 Å². The van der Waals surface area contributed by atoms with Crippen molar-refractivity contribution in [1.82, 2.24) is 0 Å². The van der Waals surface area contributed by atoms with Crippen LogP contribution in [0.4, 0.5) is 0 Å². The second kappa shape index (κ2) is 8.97. The zero-order valence-corrected chi connectivity index (χ0v) is 12.7. The Morgan fingerprint density at radius 3 is 1.06 bits per heavy atom. The molecule has 0 aromatic heterocycles. The molecule has 2 aliphatic carbocycles. The van der Waals surface area contributed by atoms with Crippen LogP contribution in [0.15, 0.2) is 0 Å². The fourth-order valence-corrected chi connectivity index (χ4v) is 2.66. The molecule has 0 N–H and O–H groups in total. The molecule has 0 unspecified atom stereocenters. The maximum Gasteiger partial charge on any atom is 0.132 e. The van der Waals surface area contributed by atoms with Crippen molar-refractivity contribution in [2.45, 2.75) is 65.2 Å². The van der Waals surface area contributed by atoms with E-state index in [0.29, 0.717) is 23.4 Å². The van der Waals surface area contributed by atoms with Crippen LogP contribution in [0.2, 0.25) is 0 Å². The zero-order valence-electron chi connectivity index (χ0n) is 11.0. The molecule has 3 heteroatoms. The second-order valence-corrected chi connectivity index (χ2v) is 5.18. The van der Waals surface area contributed by atoms with E-state index in [1.165, 1.54) is 25.7 Å². The van der Waals surface area contributed by atoms with E-state index in [0.717, 1.165) is 25.7 Å². The molecule has 0 amide bonds. The maximum absolute atomic E-state index is 10.6. The summed E-state index contributed by atoms with van der Waals surface area (Å²) in [4.78, 5) is 21.3. The molecule has 0 spiro atoms. The number of hydrogen-bond acceptors (Lipinski definition) is 2. The first-order chi connectivity index (χ1) is 7.61. The van der Waals surface area contributed by atoms with Gasteiger partial charge in [0.1, 0.15) is 11.6 Å². The largest absolute Gasteiger partial charge is 0.300 e. The van der Waals surface area contributed by atoms with E-state index in [4.69, 9.17) is 0 Å². The van der Waals surface area contributed by atoms with Crippen LogP contribution in [0.1, 0.15) is 65.2 Å². The molecular formula is C14H24O2Ru. The molecule has 0 atom stereocenters.